The van der Waals surface area contributed by atoms with Crippen molar-refractivity contribution in [1.29, 1.82) is 0 Å². The smallest absolute Gasteiger partial charge is 0.231 e. The second-order valence-corrected chi connectivity index (χ2v) is 7.90. The van der Waals surface area contributed by atoms with E-state index in [1.54, 1.807) is 14.2 Å². The van der Waals surface area contributed by atoms with Gasteiger partial charge in [-0.15, -0.1) is 0 Å². The lowest BCUT2D eigenvalue weighted by Gasteiger charge is -2.31. The van der Waals surface area contributed by atoms with Gasteiger partial charge in [0.2, 0.25) is 5.91 Å². The summed E-state index contributed by atoms with van der Waals surface area (Å²) in [6.07, 6.45) is 2.91. The van der Waals surface area contributed by atoms with Crippen LogP contribution in [0.2, 0.25) is 0 Å². The lowest BCUT2D eigenvalue weighted by molar-refractivity contribution is -0.921. The summed E-state index contributed by atoms with van der Waals surface area (Å²) in [6.45, 7) is 3.78. The van der Waals surface area contributed by atoms with Crippen LogP contribution in [-0.4, -0.2) is 51.7 Å². The van der Waals surface area contributed by atoms with E-state index in [-0.39, 0.29) is 11.8 Å². The van der Waals surface area contributed by atoms with E-state index in [1.165, 1.54) is 10.5 Å². The van der Waals surface area contributed by atoms with Gasteiger partial charge in [-0.05, 0) is 37.0 Å². The number of likely N-dealkylation sites (tertiary alicyclic amines) is 1. The SMILES string of the molecule is COc1ccc(CCN(C)C(=O)[C@@H]2CCC[NH+](Cc3ccccc3)C2)cc1OC. The number of benzene rings is 2. The molecule has 0 radical (unpaired) electrons. The van der Waals surface area contributed by atoms with Crippen molar-refractivity contribution in [2.45, 2.75) is 25.8 Å². The van der Waals surface area contributed by atoms with E-state index in [4.69, 9.17) is 9.47 Å². The van der Waals surface area contributed by atoms with Crippen molar-refractivity contribution in [1.82, 2.24) is 4.90 Å². The molecule has 0 aliphatic carbocycles. The maximum Gasteiger partial charge on any atom is 0.231 e. The summed E-state index contributed by atoms with van der Waals surface area (Å²) in [5.41, 5.74) is 2.49. The van der Waals surface area contributed by atoms with Gasteiger partial charge in [0.05, 0.1) is 33.2 Å². The molecule has 156 valence electrons. The fourth-order valence-corrected chi connectivity index (χ4v) is 4.16. The summed E-state index contributed by atoms with van der Waals surface area (Å²) in [4.78, 5) is 16.4. The minimum absolute atomic E-state index is 0.123. The summed E-state index contributed by atoms with van der Waals surface area (Å²) in [5.74, 6) is 1.85. The summed E-state index contributed by atoms with van der Waals surface area (Å²) in [6, 6.07) is 16.5. The molecule has 0 spiro atoms. The third kappa shape index (κ3) is 5.73. The van der Waals surface area contributed by atoms with Gasteiger partial charge in [0.1, 0.15) is 6.54 Å². The van der Waals surface area contributed by atoms with Crippen molar-refractivity contribution in [3.63, 3.8) is 0 Å². The molecule has 1 heterocycles. The molecule has 5 heteroatoms. The van der Waals surface area contributed by atoms with Crippen LogP contribution in [0.1, 0.15) is 24.0 Å². The Labute approximate surface area is 174 Å². The van der Waals surface area contributed by atoms with Gasteiger partial charge in [-0.3, -0.25) is 4.79 Å². The zero-order valence-corrected chi connectivity index (χ0v) is 17.8. The molecule has 2 aromatic rings. The molecule has 5 nitrogen and oxygen atoms in total. The first-order chi connectivity index (χ1) is 14.1. The van der Waals surface area contributed by atoms with Gasteiger partial charge < -0.3 is 19.3 Å². The molecule has 1 unspecified atom stereocenters. The Kier molecular flexibility index (Phi) is 7.53. The largest absolute Gasteiger partial charge is 0.493 e. The molecule has 1 saturated heterocycles. The number of carbonyl (C=O) groups is 1. The molecule has 2 aromatic carbocycles. The number of piperidine rings is 1. The number of hydrogen-bond donors (Lipinski definition) is 1. The Morgan fingerprint density at radius 3 is 2.55 bits per heavy atom. The molecule has 1 N–H and O–H groups in total. The van der Waals surface area contributed by atoms with Crippen LogP contribution in [0.5, 0.6) is 11.5 Å². The van der Waals surface area contributed by atoms with Crippen LogP contribution in [0.15, 0.2) is 48.5 Å². The van der Waals surface area contributed by atoms with Crippen molar-refractivity contribution in [2.24, 2.45) is 5.92 Å². The molecule has 1 aliphatic heterocycles. The molecule has 0 saturated carbocycles. The summed E-state index contributed by atoms with van der Waals surface area (Å²) < 4.78 is 10.7. The van der Waals surface area contributed by atoms with Gasteiger partial charge in [0.15, 0.2) is 11.5 Å². The monoisotopic (exact) mass is 397 g/mol. The number of quaternary nitrogens is 1. The second kappa shape index (κ2) is 10.3. The van der Waals surface area contributed by atoms with Gasteiger partial charge in [0, 0.05) is 19.2 Å². The molecule has 29 heavy (non-hydrogen) atoms. The molecule has 0 bridgehead atoms. The van der Waals surface area contributed by atoms with Crippen LogP contribution < -0.4 is 14.4 Å². The molecule has 1 amide bonds. The van der Waals surface area contributed by atoms with Gasteiger partial charge in [0.25, 0.3) is 0 Å². The predicted octanol–water partition coefficient (Wildman–Crippen LogP) is 2.20. The Balaban J connectivity index is 1.52. The Bertz CT molecular complexity index is 794. The molecule has 3 rings (SSSR count). The molecule has 0 aromatic heterocycles. The topological polar surface area (TPSA) is 43.2 Å². The fourth-order valence-electron chi connectivity index (χ4n) is 4.16. The van der Waals surface area contributed by atoms with Crippen molar-refractivity contribution in [2.75, 3.05) is 40.9 Å². The van der Waals surface area contributed by atoms with Crippen LogP contribution in [0.4, 0.5) is 0 Å². The van der Waals surface area contributed by atoms with E-state index < -0.39 is 0 Å². The van der Waals surface area contributed by atoms with Gasteiger partial charge >= 0.3 is 0 Å². The first-order valence-corrected chi connectivity index (χ1v) is 10.4. The van der Waals surface area contributed by atoms with E-state index in [0.717, 1.165) is 56.0 Å². The predicted molar refractivity (Wildman–Crippen MR) is 114 cm³/mol. The standard InChI is InChI=1S/C24H32N2O3/c1-25(15-13-19-11-12-22(28-2)23(16-19)29-3)24(27)21-10-7-14-26(18-21)17-20-8-5-4-6-9-20/h4-6,8-9,11-12,16,21H,7,10,13-15,17-18H2,1-3H3/p+1/t21-/m1/s1. The Morgan fingerprint density at radius 1 is 1.07 bits per heavy atom. The van der Waals surface area contributed by atoms with E-state index in [1.807, 2.05) is 30.1 Å². The van der Waals surface area contributed by atoms with Crippen LogP contribution in [0.25, 0.3) is 0 Å². The Morgan fingerprint density at radius 2 is 1.83 bits per heavy atom. The van der Waals surface area contributed by atoms with E-state index in [2.05, 4.69) is 30.3 Å². The van der Waals surface area contributed by atoms with Crippen molar-refractivity contribution in [3.05, 3.63) is 59.7 Å². The maximum absolute atomic E-state index is 13.0. The maximum atomic E-state index is 13.0. The highest BCUT2D eigenvalue weighted by Crippen LogP contribution is 2.27. The minimum Gasteiger partial charge on any atom is -0.493 e. The number of hydrogen-bond acceptors (Lipinski definition) is 3. The van der Waals surface area contributed by atoms with E-state index in [0.29, 0.717) is 6.54 Å². The third-order valence-electron chi connectivity index (χ3n) is 5.82. The van der Waals surface area contributed by atoms with Crippen LogP contribution in [0, 0.1) is 5.92 Å². The lowest BCUT2D eigenvalue weighted by Crippen LogP contribution is -3.12. The minimum atomic E-state index is 0.123. The summed E-state index contributed by atoms with van der Waals surface area (Å²) in [5, 5.41) is 0. The van der Waals surface area contributed by atoms with E-state index in [9.17, 15) is 4.79 Å². The van der Waals surface area contributed by atoms with Gasteiger partial charge in [-0.2, -0.15) is 0 Å². The van der Waals surface area contributed by atoms with Crippen LogP contribution in [-0.2, 0) is 17.8 Å². The number of likely N-dealkylation sites (N-methyl/N-ethyl adjacent to an activating group) is 1. The summed E-state index contributed by atoms with van der Waals surface area (Å²) >= 11 is 0. The van der Waals surface area contributed by atoms with E-state index >= 15 is 0 Å². The number of amides is 1. The highest BCUT2D eigenvalue weighted by atomic mass is 16.5. The second-order valence-electron chi connectivity index (χ2n) is 7.90. The highest BCUT2D eigenvalue weighted by molar-refractivity contribution is 5.78. The highest BCUT2D eigenvalue weighted by Gasteiger charge is 2.30. The number of rotatable bonds is 8. The van der Waals surface area contributed by atoms with Gasteiger partial charge in [-0.1, -0.05) is 36.4 Å². The number of methoxy groups -OCH3 is 2. The number of carbonyl (C=O) groups excluding carboxylic acids is 1. The number of nitrogens with zero attached hydrogens (tertiary/aromatic N) is 1. The molecule has 1 fully saturated rings. The number of nitrogens with one attached hydrogen (secondary N) is 1. The molecule has 2 atom stereocenters. The third-order valence-corrected chi connectivity index (χ3v) is 5.82. The average molecular weight is 398 g/mol. The quantitative estimate of drug-likeness (QED) is 0.743. The van der Waals surface area contributed by atoms with Crippen molar-refractivity contribution >= 4 is 5.91 Å². The zero-order chi connectivity index (χ0) is 20.6. The summed E-state index contributed by atoms with van der Waals surface area (Å²) in [7, 11) is 5.20. The Hall–Kier alpha value is -2.53. The average Bonchev–Trinajstić information content (AvgIpc) is 2.77. The molecular formula is C24H33N2O3+. The number of ether oxygens (including phenoxy) is 2. The van der Waals surface area contributed by atoms with Gasteiger partial charge in [-0.25, -0.2) is 0 Å². The first kappa shape index (κ1) is 21.2. The fraction of sp³-hybridized carbons (Fsp3) is 0.458. The van der Waals surface area contributed by atoms with Crippen molar-refractivity contribution < 1.29 is 19.2 Å². The molecule has 1 aliphatic rings. The molecular weight excluding hydrogens is 364 g/mol. The van der Waals surface area contributed by atoms with Crippen LogP contribution in [0.3, 0.4) is 0 Å². The van der Waals surface area contributed by atoms with Crippen molar-refractivity contribution in [3.8, 4) is 11.5 Å². The first-order valence-electron chi connectivity index (χ1n) is 10.4. The zero-order valence-electron chi connectivity index (χ0n) is 17.8. The van der Waals surface area contributed by atoms with Crippen LogP contribution >= 0.6 is 0 Å². The lowest BCUT2D eigenvalue weighted by atomic mass is 9.96. The normalized spacial score (nSPS) is 18.9.